The minimum absolute atomic E-state index is 0.0204. The van der Waals surface area contributed by atoms with Gasteiger partial charge in [0.2, 0.25) is 5.91 Å². The molecule has 18 heavy (non-hydrogen) atoms. The maximum absolute atomic E-state index is 11.8. The summed E-state index contributed by atoms with van der Waals surface area (Å²) in [5, 5.41) is 0. The maximum Gasteiger partial charge on any atom is 0.227 e. The van der Waals surface area contributed by atoms with E-state index in [2.05, 4.69) is 16.9 Å². The number of nitrogens with zero attached hydrogens (tertiary/aromatic N) is 2. The Morgan fingerprint density at radius 2 is 2.28 bits per heavy atom. The van der Waals surface area contributed by atoms with Crippen molar-refractivity contribution in [3.63, 3.8) is 0 Å². The van der Waals surface area contributed by atoms with Gasteiger partial charge in [-0.1, -0.05) is 6.92 Å². The predicted octanol–water partition coefficient (Wildman–Crippen LogP) is 1.44. The molecule has 0 aliphatic carbocycles. The van der Waals surface area contributed by atoms with Crippen molar-refractivity contribution in [3.05, 3.63) is 24.0 Å². The molecule has 0 radical (unpaired) electrons. The molecule has 0 saturated carbocycles. The van der Waals surface area contributed by atoms with Crippen molar-refractivity contribution in [3.8, 4) is 0 Å². The van der Waals surface area contributed by atoms with Gasteiger partial charge in [0.1, 0.15) is 5.82 Å². The number of anilines is 1. The summed E-state index contributed by atoms with van der Waals surface area (Å²) in [5.41, 5.74) is 8.13. The molecule has 1 amide bonds. The number of imidazole rings is 1. The highest BCUT2D eigenvalue weighted by atomic mass is 16.2. The average Bonchev–Trinajstić information content (AvgIpc) is 2.79. The third-order valence-electron chi connectivity index (χ3n) is 2.97. The normalized spacial score (nSPS) is 10.8. The lowest BCUT2D eigenvalue weighted by Crippen LogP contribution is -2.27. The molecule has 3 N–H and O–H groups in total. The number of amides is 1. The predicted molar refractivity (Wildman–Crippen MR) is 72.6 cm³/mol. The van der Waals surface area contributed by atoms with Crippen molar-refractivity contribution in [2.24, 2.45) is 5.73 Å². The van der Waals surface area contributed by atoms with Gasteiger partial charge in [0.15, 0.2) is 0 Å². The van der Waals surface area contributed by atoms with Crippen LogP contribution in [0, 0.1) is 0 Å². The molecule has 0 aliphatic rings. The summed E-state index contributed by atoms with van der Waals surface area (Å²) >= 11 is 0. The highest BCUT2D eigenvalue weighted by Crippen LogP contribution is 2.20. The fourth-order valence-corrected chi connectivity index (χ4v) is 1.86. The summed E-state index contributed by atoms with van der Waals surface area (Å²) in [6.45, 7) is 2.42. The average molecular weight is 246 g/mol. The van der Waals surface area contributed by atoms with Crippen LogP contribution in [0.25, 0.3) is 11.0 Å². The number of carbonyl (C=O) groups excluding carboxylic acids is 1. The molecular formula is C13H18N4O. The SMILES string of the molecule is CCc1nc2ccc(N(C)C(=O)CCN)cc2[nH]1. The van der Waals surface area contributed by atoms with Crippen LogP contribution in [-0.4, -0.2) is 29.5 Å². The first-order valence-corrected chi connectivity index (χ1v) is 6.11. The number of nitrogens with one attached hydrogen (secondary N) is 1. The minimum Gasteiger partial charge on any atom is -0.342 e. The Bertz CT molecular complexity index is 561. The van der Waals surface area contributed by atoms with Gasteiger partial charge in [-0.2, -0.15) is 0 Å². The third-order valence-corrected chi connectivity index (χ3v) is 2.97. The number of aromatic amines is 1. The van der Waals surface area contributed by atoms with Crippen LogP contribution < -0.4 is 10.6 Å². The van der Waals surface area contributed by atoms with Crippen molar-refractivity contribution >= 4 is 22.6 Å². The highest BCUT2D eigenvalue weighted by molar-refractivity contribution is 5.94. The van der Waals surface area contributed by atoms with Gasteiger partial charge in [-0.3, -0.25) is 4.79 Å². The lowest BCUT2D eigenvalue weighted by Gasteiger charge is -2.16. The van der Waals surface area contributed by atoms with Crippen molar-refractivity contribution in [2.45, 2.75) is 19.8 Å². The Labute approximate surface area is 106 Å². The van der Waals surface area contributed by atoms with Crippen molar-refractivity contribution in [2.75, 3.05) is 18.5 Å². The first kappa shape index (κ1) is 12.6. The van der Waals surface area contributed by atoms with Crippen LogP contribution in [0.15, 0.2) is 18.2 Å². The summed E-state index contributed by atoms with van der Waals surface area (Å²) in [6, 6.07) is 5.76. The van der Waals surface area contributed by atoms with Gasteiger partial charge in [0, 0.05) is 32.1 Å². The fourth-order valence-electron chi connectivity index (χ4n) is 1.86. The molecule has 0 spiro atoms. The number of benzene rings is 1. The zero-order valence-corrected chi connectivity index (χ0v) is 10.7. The van der Waals surface area contributed by atoms with Crippen LogP contribution in [-0.2, 0) is 11.2 Å². The zero-order chi connectivity index (χ0) is 13.1. The number of fused-ring (bicyclic) bond motifs is 1. The van der Waals surface area contributed by atoms with Crippen LogP contribution in [0.2, 0.25) is 0 Å². The number of carbonyl (C=O) groups is 1. The van der Waals surface area contributed by atoms with Gasteiger partial charge in [-0.15, -0.1) is 0 Å². The van der Waals surface area contributed by atoms with Gasteiger partial charge in [-0.05, 0) is 18.2 Å². The molecule has 5 heteroatoms. The van der Waals surface area contributed by atoms with Gasteiger partial charge >= 0.3 is 0 Å². The van der Waals surface area contributed by atoms with Gasteiger partial charge < -0.3 is 15.6 Å². The minimum atomic E-state index is 0.0204. The molecule has 96 valence electrons. The van der Waals surface area contributed by atoms with Crippen LogP contribution in [0.4, 0.5) is 5.69 Å². The number of aryl methyl sites for hydroxylation is 1. The number of aromatic nitrogens is 2. The van der Waals surface area contributed by atoms with E-state index in [1.165, 1.54) is 0 Å². The van der Waals surface area contributed by atoms with Crippen molar-refractivity contribution < 1.29 is 4.79 Å². The second-order valence-corrected chi connectivity index (χ2v) is 4.23. The Kier molecular flexibility index (Phi) is 3.62. The zero-order valence-electron chi connectivity index (χ0n) is 10.7. The molecule has 2 aromatic rings. The molecule has 2 rings (SSSR count). The molecule has 0 atom stereocenters. The molecule has 0 unspecified atom stereocenters. The van der Waals surface area contributed by atoms with E-state index >= 15 is 0 Å². The Morgan fingerprint density at radius 1 is 1.50 bits per heavy atom. The largest absolute Gasteiger partial charge is 0.342 e. The molecule has 1 aromatic carbocycles. The lowest BCUT2D eigenvalue weighted by molar-refractivity contribution is -0.118. The van der Waals surface area contributed by atoms with Gasteiger partial charge in [0.25, 0.3) is 0 Å². The van der Waals surface area contributed by atoms with Crippen molar-refractivity contribution in [1.29, 1.82) is 0 Å². The van der Waals surface area contributed by atoms with E-state index in [4.69, 9.17) is 5.73 Å². The Balaban J connectivity index is 2.31. The Hall–Kier alpha value is -1.88. The summed E-state index contributed by atoms with van der Waals surface area (Å²) in [6.07, 6.45) is 1.23. The highest BCUT2D eigenvalue weighted by Gasteiger charge is 2.11. The van der Waals surface area contributed by atoms with Crippen molar-refractivity contribution in [1.82, 2.24) is 9.97 Å². The molecule has 0 bridgehead atoms. The second kappa shape index (κ2) is 5.18. The number of rotatable bonds is 4. The van der Waals surface area contributed by atoms with E-state index in [0.29, 0.717) is 13.0 Å². The monoisotopic (exact) mass is 246 g/mol. The number of hydrogen-bond donors (Lipinski definition) is 2. The summed E-state index contributed by atoms with van der Waals surface area (Å²) in [7, 11) is 1.76. The molecular weight excluding hydrogens is 228 g/mol. The first-order valence-electron chi connectivity index (χ1n) is 6.11. The molecule has 0 fully saturated rings. The maximum atomic E-state index is 11.8. The third kappa shape index (κ3) is 2.36. The standard InChI is InChI=1S/C13H18N4O/c1-3-12-15-10-5-4-9(8-11(10)16-12)17(2)13(18)6-7-14/h4-5,8H,3,6-7,14H2,1-2H3,(H,15,16). The summed E-state index contributed by atoms with van der Waals surface area (Å²) in [4.78, 5) is 21.1. The van der Waals surface area contributed by atoms with Crippen LogP contribution in [0.1, 0.15) is 19.2 Å². The molecule has 0 saturated heterocycles. The number of H-pyrrole nitrogens is 1. The molecule has 1 heterocycles. The number of nitrogens with two attached hydrogens (primary N) is 1. The number of hydrogen-bond acceptors (Lipinski definition) is 3. The van der Waals surface area contributed by atoms with Gasteiger partial charge in [0.05, 0.1) is 11.0 Å². The van der Waals surface area contributed by atoms with E-state index in [1.807, 2.05) is 18.2 Å². The summed E-state index contributed by atoms with van der Waals surface area (Å²) in [5.74, 6) is 0.977. The van der Waals surface area contributed by atoms with Crippen LogP contribution in [0.3, 0.4) is 0 Å². The molecule has 0 aliphatic heterocycles. The second-order valence-electron chi connectivity index (χ2n) is 4.23. The molecule has 5 nitrogen and oxygen atoms in total. The van der Waals surface area contributed by atoms with E-state index < -0.39 is 0 Å². The smallest absolute Gasteiger partial charge is 0.227 e. The first-order chi connectivity index (χ1) is 8.65. The lowest BCUT2D eigenvalue weighted by atomic mass is 10.2. The van der Waals surface area contributed by atoms with E-state index in [0.717, 1.165) is 29.0 Å². The van der Waals surface area contributed by atoms with Crippen LogP contribution >= 0.6 is 0 Å². The Morgan fingerprint density at radius 3 is 2.94 bits per heavy atom. The quantitative estimate of drug-likeness (QED) is 0.857. The van der Waals surface area contributed by atoms with E-state index in [1.54, 1.807) is 11.9 Å². The summed E-state index contributed by atoms with van der Waals surface area (Å²) < 4.78 is 0. The fraction of sp³-hybridized carbons (Fsp3) is 0.385. The van der Waals surface area contributed by atoms with E-state index in [9.17, 15) is 4.79 Å². The van der Waals surface area contributed by atoms with E-state index in [-0.39, 0.29) is 5.91 Å². The topological polar surface area (TPSA) is 75.0 Å². The van der Waals surface area contributed by atoms with Gasteiger partial charge in [-0.25, -0.2) is 4.98 Å². The molecule has 1 aromatic heterocycles. The van der Waals surface area contributed by atoms with Crippen LogP contribution in [0.5, 0.6) is 0 Å².